The Labute approximate surface area is 121 Å². The molecule has 0 aromatic heterocycles. The Bertz CT molecular complexity index is 613. The van der Waals surface area contributed by atoms with Gasteiger partial charge in [-0.05, 0) is 32.0 Å². The van der Waals surface area contributed by atoms with E-state index in [0.717, 1.165) is 10.6 Å². The first-order valence-electron chi connectivity index (χ1n) is 5.17. The Morgan fingerprint density at radius 3 is 2.16 bits per heavy atom. The molecule has 5 nitrogen and oxygen atoms in total. The molecule has 0 amide bonds. The smallest absolute Gasteiger partial charge is 0.330 e. The van der Waals surface area contributed by atoms with Crippen molar-refractivity contribution >= 4 is 44.9 Å². The molecule has 0 bridgehead atoms. The fourth-order valence-corrected chi connectivity index (χ4v) is 3.32. The Kier molecular flexibility index (Phi) is 4.39. The molecule has 0 fully saturated rings. The third-order valence-electron chi connectivity index (χ3n) is 2.50. The lowest BCUT2D eigenvalue weighted by molar-refractivity contribution is -0.141. The van der Waals surface area contributed by atoms with Gasteiger partial charge in [-0.1, -0.05) is 23.2 Å². The second kappa shape index (κ2) is 5.19. The SMILES string of the molecule is CC(C)(C(=O)O)N(c1ccc(Cl)c(Cl)c1)S(C)(=O)=O. The summed E-state index contributed by atoms with van der Waals surface area (Å²) in [5.74, 6) is -1.27. The Hall–Kier alpha value is -0.980. The zero-order valence-corrected chi connectivity index (χ0v) is 12.8. The van der Waals surface area contributed by atoms with Crippen molar-refractivity contribution in [1.29, 1.82) is 0 Å². The van der Waals surface area contributed by atoms with Gasteiger partial charge in [-0.25, -0.2) is 13.2 Å². The molecule has 0 aliphatic carbocycles. The molecule has 0 unspecified atom stereocenters. The number of rotatable bonds is 4. The maximum Gasteiger partial charge on any atom is 0.330 e. The number of carboxylic acid groups (broad SMARTS) is 1. The van der Waals surface area contributed by atoms with Gasteiger partial charge in [0.15, 0.2) is 0 Å². The molecule has 0 aliphatic rings. The average Bonchev–Trinajstić information content (AvgIpc) is 2.20. The van der Waals surface area contributed by atoms with Gasteiger partial charge in [0.2, 0.25) is 10.0 Å². The van der Waals surface area contributed by atoms with Crippen molar-refractivity contribution in [2.45, 2.75) is 19.4 Å². The Balaban J connectivity index is 3.50. The number of nitrogens with zero attached hydrogens (tertiary/aromatic N) is 1. The van der Waals surface area contributed by atoms with Gasteiger partial charge in [0.25, 0.3) is 0 Å². The molecule has 1 N–H and O–H groups in total. The third-order valence-corrected chi connectivity index (χ3v) is 4.57. The first-order valence-corrected chi connectivity index (χ1v) is 7.77. The molecule has 1 aromatic rings. The van der Waals surface area contributed by atoms with Crippen LogP contribution in [0.15, 0.2) is 18.2 Å². The van der Waals surface area contributed by atoms with E-state index in [-0.39, 0.29) is 15.7 Å². The summed E-state index contributed by atoms with van der Waals surface area (Å²) in [7, 11) is -3.80. The van der Waals surface area contributed by atoms with Gasteiger partial charge in [-0.3, -0.25) is 4.31 Å². The lowest BCUT2D eigenvalue weighted by Gasteiger charge is -2.34. The monoisotopic (exact) mass is 325 g/mol. The van der Waals surface area contributed by atoms with Crippen LogP contribution >= 0.6 is 23.2 Å². The lowest BCUT2D eigenvalue weighted by Crippen LogP contribution is -2.53. The predicted octanol–water partition coefficient (Wildman–Crippen LogP) is 2.62. The van der Waals surface area contributed by atoms with Crippen LogP contribution in [-0.2, 0) is 14.8 Å². The van der Waals surface area contributed by atoms with Crippen LogP contribution < -0.4 is 4.31 Å². The average molecular weight is 326 g/mol. The summed E-state index contributed by atoms with van der Waals surface area (Å²) >= 11 is 11.6. The highest BCUT2D eigenvalue weighted by molar-refractivity contribution is 7.92. The maximum absolute atomic E-state index is 11.9. The predicted molar refractivity (Wildman–Crippen MR) is 75.5 cm³/mol. The summed E-state index contributed by atoms with van der Waals surface area (Å²) < 4.78 is 24.5. The van der Waals surface area contributed by atoms with Crippen LogP contribution in [0.2, 0.25) is 10.0 Å². The minimum atomic E-state index is -3.80. The first-order chi connectivity index (χ1) is 8.48. The molecule has 0 saturated carbocycles. The minimum Gasteiger partial charge on any atom is -0.479 e. The van der Waals surface area contributed by atoms with Crippen LogP contribution in [0.3, 0.4) is 0 Å². The van der Waals surface area contributed by atoms with E-state index in [2.05, 4.69) is 0 Å². The molecule has 19 heavy (non-hydrogen) atoms. The number of aliphatic carboxylic acids is 1. The van der Waals surface area contributed by atoms with Crippen LogP contribution in [-0.4, -0.2) is 31.3 Å². The second-order valence-electron chi connectivity index (χ2n) is 4.49. The third kappa shape index (κ3) is 3.32. The second-order valence-corrected chi connectivity index (χ2v) is 7.14. The number of anilines is 1. The maximum atomic E-state index is 11.9. The van der Waals surface area contributed by atoms with Crippen molar-refractivity contribution in [3.8, 4) is 0 Å². The van der Waals surface area contributed by atoms with Crippen molar-refractivity contribution < 1.29 is 18.3 Å². The van der Waals surface area contributed by atoms with Gasteiger partial charge in [0, 0.05) is 0 Å². The van der Waals surface area contributed by atoms with E-state index in [9.17, 15) is 18.3 Å². The first kappa shape index (κ1) is 16.1. The van der Waals surface area contributed by atoms with Gasteiger partial charge < -0.3 is 5.11 Å². The van der Waals surface area contributed by atoms with Crippen LogP contribution in [0.25, 0.3) is 0 Å². The number of benzene rings is 1. The van der Waals surface area contributed by atoms with Crippen molar-refractivity contribution in [1.82, 2.24) is 0 Å². The number of carbonyl (C=O) groups is 1. The summed E-state index contributed by atoms with van der Waals surface area (Å²) in [5, 5.41) is 9.60. The zero-order chi connectivity index (χ0) is 15.0. The number of halogens is 2. The molecule has 0 saturated heterocycles. The van der Waals surface area contributed by atoms with E-state index in [0.29, 0.717) is 0 Å². The van der Waals surface area contributed by atoms with E-state index in [4.69, 9.17) is 23.2 Å². The molecule has 0 radical (unpaired) electrons. The van der Waals surface area contributed by atoms with Crippen molar-refractivity contribution in [2.75, 3.05) is 10.6 Å². The number of hydrogen-bond acceptors (Lipinski definition) is 3. The van der Waals surface area contributed by atoms with Crippen LogP contribution in [0.1, 0.15) is 13.8 Å². The standard InChI is InChI=1S/C11H13Cl2NO4S/c1-11(2,10(15)16)14(19(3,17)18)7-4-5-8(12)9(13)6-7/h4-6H,1-3H3,(H,15,16). The van der Waals surface area contributed by atoms with Crippen LogP contribution in [0, 0.1) is 0 Å². The number of hydrogen-bond donors (Lipinski definition) is 1. The molecular weight excluding hydrogens is 313 g/mol. The van der Waals surface area contributed by atoms with Gasteiger partial charge in [-0.15, -0.1) is 0 Å². The molecule has 0 spiro atoms. The fraction of sp³-hybridized carbons (Fsp3) is 0.364. The van der Waals surface area contributed by atoms with Gasteiger partial charge >= 0.3 is 5.97 Å². The van der Waals surface area contributed by atoms with E-state index < -0.39 is 21.5 Å². The summed E-state index contributed by atoms with van der Waals surface area (Å²) in [6.45, 7) is 2.58. The molecule has 0 heterocycles. The van der Waals surface area contributed by atoms with E-state index in [1.165, 1.54) is 32.0 Å². The van der Waals surface area contributed by atoms with Gasteiger partial charge in [0.1, 0.15) is 5.54 Å². The lowest BCUT2D eigenvalue weighted by atomic mass is 10.1. The van der Waals surface area contributed by atoms with Gasteiger partial charge in [-0.2, -0.15) is 0 Å². The van der Waals surface area contributed by atoms with Gasteiger partial charge in [0.05, 0.1) is 22.0 Å². The fourth-order valence-electron chi connectivity index (χ4n) is 1.63. The van der Waals surface area contributed by atoms with Crippen LogP contribution in [0.4, 0.5) is 5.69 Å². The highest BCUT2D eigenvalue weighted by atomic mass is 35.5. The molecule has 0 aliphatic heterocycles. The van der Waals surface area contributed by atoms with E-state index >= 15 is 0 Å². The highest BCUT2D eigenvalue weighted by Gasteiger charge is 2.40. The summed E-state index contributed by atoms with van der Waals surface area (Å²) in [5.41, 5.74) is -1.51. The zero-order valence-electron chi connectivity index (χ0n) is 10.5. The Morgan fingerprint density at radius 1 is 1.26 bits per heavy atom. The molecule has 106 valence electrons. The van der Waals surface area contributed by atoms with E-state index in [1.54, 1.807) is 0 Å². The topological polar surface area (TPSA) is 74.7 Å². The summed E-state index contributed by atoms with van der Waals surface area (Å²) in [6.07, 6.45) is 0.931. The van der Waals surface area contributed by atoms with Crippen molar-refractivity contribution in [3.63, 3.8) is 0 Å². The highest BCUT2D eigenvalue weighted by Crippen LogP contribution is 2.32. The molecular formula is C11H13Cl2NO4S. The Morgan fingerprint density at radius 2 is 1.79 bits per heavy atom. The summed E-state index contributed by atoms with van der Waals surface area (Å²) in [6, 6.07) is 4.13. The molecule has 1 aromatic carbocycles. The quantitative estimate of drug-likeness (QED) is 0.923. The largest absolute Gasteiger partial charge is 0.479 e. The van der Waals surface area contributed by atoms with Crippen molar-refractivity contribution in [2.24, 2.45) is 0 Å². The molecule has 8 heteroatoms. The summed E-state index contributed by atoms with van der Waals surface area (Å²) in [4.78, 5) is 11.3. The normalized spacial score (nSPS) is 12.3. The molecule has 1 rings (SSSR count). The van der Waals surface area contributed by atoms with E-state index in [1.807, 2.05) is 0 Å². The number of sulfonamides is 1. The molecule has 0 atom stereocenters. The van der Waals surface area contributed by atoms with Crippen molar-refractivity contribution in [3.05, 3.63) is 28.2 Å². The minimum absolute atomic E-state index is 0.143. The van der Waals surface area contributed by atoms with Crippen LogP contribution in [0.5, 0.6) is 0 Å². The number of carboxylic acids is 1.